The van der Waals surface area contributed by atoms with Crippen LogP contribution in [-0.4, -0.2) is 46.4 Å². The van der Waals surface area contributed by atoms with Crippen LogP contribution in [0.1, 0.15) is 25.7 Å². The Hall–Kier alpha value is -2.94. The molecule has 0 saturated carbocycles. The number of aromatic nitrogens is 2. The van der Waals surface area contributed by atoms with Crippen LogP contribution >= 0.6 is 0 Å². The van der Waals surface area contributed by atoms with Crippen molar-refractivity contribution < 1.29 is 14.5 Å². The molecule has 1 amide bonds. The summed E-state index contributed by atoms with van der Waals surface area (Å²) >= 11 is 0. The summed E-state index contributed by atoms with van der Waals surface area (Å²) in [5.41, 5.74) is 1.41. The summed E-state index contributed by atoms with van der Waals surface area (Å²) in [6, 6.07) is 6.75. The van der Waals surface area contributed by atoms with Gasteiger partial charge >= 0.3 is 0 Å². The van der Waals surface area contributed by atoms with Crippen LogP contribution in [0.3, 0.4) is 0 Å². The van der Waals surface area contributed by atoms with Gasteiger partial charge in [0.1, 0.15) is 5.69 Å². The lowest BCUT2D eigenvalue weighted by atomic mass is 9.95. The molecular weight excluding hydrogens is 374 g/mol. The number of piperidine rings is 1. The van der Waals surface area contributed by atoms with Crippen LogP contribution in [0.4, 0.5) is 17.1 Å². The van der Waals surface area contributed by atoms with E-state index in [0.29, 0.717) is 43.9 Å². The number of benzene rings is 1. The first-order valence-corrected chi connectivity index (χ1v) is 10.0. The Morgan fingerprint density at radius 1 is 1.28 bits per heavy atom. The average Bonchev–Trinajstić information content (AvgIpc) is 3.40. The number of carbonyl (C=O) groups is 1. The van der Waals surface area contributed by atoms with Gasteiger partial charge in [-0.05, 0) is 31.7 Å². The van der Waals surface area contributed by atoms with E-state index >= 15 is 0 Å². The molecule has 0 bridgehead atoms. The Balaban J connectivity index is 1.30. The highest BCUT2D eigenvalue weighted by molar-refractivity contribution is 5.92. The van der Waals surface area contributed by atoms with Crippen molar-refractivity contribution in [1.29, 1.82) is 0 Å². The summed E-state index contributed by atoms with van der Waals surface area (Å²) in [5, 5.41) is 18.5. The third-order valence-corrected chi connectivity index (χ3v) is 5.60. The topological polar surface area (TPSA) is 103 Å². The number of hydrogen-bond donors (Lipinski definition) is 1. The van der Waals surface area contributed by atoms with Crippen LogP contribution in [-0.2, 0) is 16.1 Å². The highest BCUT2D eigenvalue weighted by Crippen LogP contribution is 2.31. The van der Waals surface area contributed by atoms with Crippen molar-refractivity contribution in [3.8, 4) is 0 Å². The van der Waals surface area contributed by atoms with Crippen molar-refractivity contribution in [1.82, 2.24) is 9.78 Å². The Morgan fingerprint density at radius 3 is 2.79 bits per heavy atom. The molecular formula is C20H25N5O4. The molecule has 1 aromatic carbocycles. The van der Waals surface area contributed by atoms with Crippen molar-refractivity contribution >= 4 is 23.0 Å². The number of para-hydroxylation sites is 2. The Labute approximate surface area is 168 Å². The van der Waals surface area contributed by atoms with E-state index in [2.05, 4.69) is 10.4 Å². The maximum absolute atomic E-state index is 12.6. The third kappa shape index (κ3) is 4.56. The van der Waals surface area contributed by atoms with Gasteiger partial charge in [0.05, 0.1) is 29.5 Å². The number of nitro groups is 1. The molecule has 1 N–H and O–H groups in total. The molecule has 1 aromatic heterocycles. The number of anilines is 2. The second-order valence-corrected chi connectivity index (χ2v) is 7.58. The zero-order valence-corrected chi connectivity index (χ0v) is 16.2. The molecule has 2 aromatic rings. The van der Waals surface area contributed by atoms with E-state index in [1.165, 1.54) is 6.07 Å². The molecule has 4 rings (SSSR count). The summed E-state index contributed by atoms with van der Waals surface area (Å²) in [6.07, 6.45) is 7.13. The van der Waals surface area contributed by atoms with Crippen LogP contribution in [0.2, 0.25) is 0 Å². The van der Waals surface area contributed by atoms with Crippen molar-refractivity contribution in [3.05, 3.63) is 46.8 Å². The number of nitro benzene ring substituents is 1. The SMILES string of the molecule is O=C(Nc1cnn(C[C@H]2CCCO2)c1)C1CCN(c2ccccc2[N+](=O)[O-])CC1. The second-order valence-electron chi connectivity index (χ2n) is 7.58. The maximum Gasteiger partial charge on any atom is 0.292 e. The van der Waals surface area contributed by atoms with Crippen molar-refractivity contribution in [2.24, 2.45) is 5.92 Å². The summed E-state index contributed by atoms with van der Waals surface area (Å²) in [7, 11) is 0. The van der Waals surface area contributed by atoms with E-state index in [0.717, 1.165) is 19.4 Å². The molecule has 154 valence electrons. The fourth-order valence-corrected chi connectivity index (χ4v) is 4.04. The monoisotopic (exact) mass is 399 g/mol. The van der Waals surface area contributed by atoms with Crippen molar-refractivity contribution in [2.75, 3.05) is 29.9 Å². The van der Waals surface area contributed by atoms with Gasteiger partial charge in [-0.2, -0.15) is 5.10 Å². The van der Waals surface area contributed by atoms with Crippen LogP contribution in [0.15, 0.2) is 36.7 Å². The van der Waals surface area contributed by atoms with Gasteiger partial charge in [-0.1, -0.05) is 12.1 Å². The number of ether oxygens (including phenoxy) is 1. The molecule has 9 nitrogen and oxygen atoms in total. The zero-order chi connectivity index (χ0) is 20.2. The van der Waals surface area contributed by atoms with E-state index in [1.54, 1.807) is 24.4 Å². The highest BCUT2D eigenvalue weighted by Gasteiger charge is 2.28. The van der Waals surface area contributed by atoms with Crippen LogP contribution in [0.25, 0.3) is 0 Å². The largest absolute Gasteiger partial charge is 0.376 e. The molecule has 2 aliphatic heterocycles. The van der Waals surface area contributed by atoms with E-state index in [4.69, 9.17) is 4.74 Å². The molecule has 9 heteroatoms. The van der Waals surface area contributed by atoms with Gasteiger partial charge in [0.25, 0.3) is 5.69 Å². The molecule has 0 aliphatic carbocycles. The van der Waals surface area contributed by atoms with E-state index in [9.17, 15) is 14.9 Å². The Morgan fingerprint density at radius 2 is 2.07 bits per heavy atom. The molecule has 1 atom stereocenters. The molecule has 29 heavy (non-hydrogen) atoms. The standard InChI is InChI=1S/C20H25N5O4/c26-20(22-16-12-21-24(13-16)14-17-4-3-11-29-17)15-7-9-23(10-8-15)18-5-1-2-6-19(18)25(27)28/h1-2,5-6,12-13,15,17H,3-4,7-11,14H2,(H,22,26)/t17-/m1/s1. The number of hydrogen-bond acceptors (Lipinski definition) is 6. The minimum atomic E-state index is -0.359. The summed E-state index contributed by atoms with van der Waals surface area (Å²) in [6.45, 7) is 2.73. The number of rotatable bonds is 6. The fraction of sp³-hybridized carbons (Fsp3) is 0.500. The van der Waals surface area contributed by atoms with Gasteiger partial charge in [0, 0.05) is 37.9 Å². The first-order valence-electron chi connectivity index (χ1n) is 10.0. The van der Waals surface area contributed by atoms with Gasteiger partial charge in [0.2, 0.25) is 5.91 Å². The summed E-state index contributed by atoms with van der Waals surface area (Å²) < 4.78 is 7.43. The third-order valence-electron chi connectivity index (χ3n) is 5.60. The fourth-order valence-electron chi connectivity index (χ4n) is 4.04. The number of carbonyl (C=O) groups excluding carboxylic acids is 1. The van der Waals surface area contributed by atoms with Crippen LogP contribution in [0, 0.1) is 16.0 Å². The molecule has 2 saturated heterocycles. The van der Waals surface area contributed by atoms with Crippen LogP contribution < -0.4 is 10.2 Å². The normalized spacial score (nSPS) is 20.0. The van der Waals surface area contributed by atoms with Gasteiger partial charge in [-0.15, -0.1) is 0 Å². The summed E-state index contributed by atoms with van der Waals surface area (Å²) in [4.78, 5) is 25.5. The highest BCUT2D eigenvalue weighted by atomic mass is 16.6. The zero-order valence-electron chi connectivity index (χ0n) is 16.2. The minimum Gasteiger partial charge on any atom is -0.376 e. The van der Waals surface area contributed by atoms with E-state index in [1.807, 2.05) is 15.8 Å². The second kappa shape index (κ2) is 8.60. The number of nitrogens with one attached hydrogen (secondary N) is 1. The number of amides is 1. The smallest absolute Gasteiger partial charge is 0.292 e. The average molecular weight is 399 g/mol. The summed E-state index contributed by atoms with van der Waals surface area (Å²) in [5.74, 6) is -0.139. The van der Waals surface area contributed by atoms with Crippen LogP contribution in [0.5, 0.6) is 0 Å². The molecule has 2 fully saturated rings. The maximum atomic E-state index is 12.6. The first-order chi connectivity index (χ1) is 14.1. The molecule has 0 unspecified atom stereocenters. The van der Waals surface area contributed by atoms with Gasteiger partial charge < -0.3 is 15.0 Å². The van der Waals surface area contributed by atoms with E-state index < -0.39 is 0 Å². The Bertz CT molecular complexity index is 869. The quantitative estimate of drug-likeness (QED) is 0.592. The van der Waals surface area contributed by atoms with E-state index in [-0.39, 0.29) is 28.5 Å². The van der Waals surface area contributed by atoms with Gasteiger partial charge in [-0.25, -0.2) is 0 Å². The lowest BCUT2D eigenvalue weighted by molar-refractivity contribution is -0.384. The minimum absolute atomic E-state index is 0.0242. The first kappa shape index (κ1) is 19.4. The lowest BCUT2D eigenvalue weighted by Gasteiger charge is -2.32. The Kier molecular flexibility index (Phi) is 5.75. The molecule has 0 spiro atoms. The van der Waals surface area contributed by atoms with Crippen molar-refractivity contribution in [2.45, 2.75) is 38.3 Å². The molecule has 0 radical (unpaired) electrons. The lowest BCUT2D eigenvalue weighted by Crippen LogP contribution is -2.38. The van der Waals surface area contributed by atoms with Gasteiger partial charge in [-0.3, -0.25) is 19.6 Å². The molecule has 2 aliphatic rings. The predicted molar refractivity (Wildman–Crippen MR) is 108 cm³/mol. The predicted octanol–water partition coefficient (Wildman–Crippen LogP) is 2.83. The molecule has 3 heterocycles. The van der Waals surface area contributed by atoms with Gasteiger partial charge in [0.15, 0.2) is 0 Å². The number of nitrogens with zero attached hydrogens (tertiary/aromatic N) is 4. The van der Waals surface area contributed by atoms with Crippen molar-refractivity contribution in [3.63, 3.8) is 0 Å².